The molecule has 3 rings (SSSR count). The van der Waals surface area contributed by atoms with Crippen LogP contribution in [0.2, 0.25) is 0 Å². The molecule has 28 heavy (non-hydrogen) atoms. The fraction of sp³-hybridized carbons (Fsp3) is 0.0588. The van der Waals surface area contributed by atoms with Crippen molar-refractivity contribution in [3.63, 3.8) is 0 Å². The van der Waals surface area contributed by atoms with Gasteiger partial charge in [-0.3, -0.25) is 4.79 Å². The lowest BCUT2D eigenvalue weighted by Crippen LogP contribution is -2.17. The van der Waals surface area contributed by atoms with Gasteiger partial charge in [0.15, 0.2) is 0 Å². The van der Waals surface area contributed by atoms with Gasteiger partial charge in [0.25, 0.3) is 5.95 Å². The highest BCUT2D eigenvalue weighted by Gasteiger charge is 2.12. The van der Waals surface area contributed by atoms with Gasteiger partial charge in [-0.1, -0.05) is 42.1 Å². The maximum absolute atomic E-state index is 13.5. The van der Waals surface area contributed by atoms with Crippen LogP contribution in [0.4, 0.5) is 16.0 Å². The molecule has 8 nitrogen and oxygen atoms in total. The maximum Gasteiger partial charge on any atom is 0.264 e. The van der Waals surface area contributed by atoms with E-state index >= 15 is 0 Å². The molecule has 0 unspecified atom stereocenters. The van der Waals surface area contributed by atoms with Crippen molar-refractivity contribution in [3.05, 3.63) is 64.4 Å². The topological polar surface area (TPSA) is 110 Å². The summed E-state index contributed by atoms with van der Waals surface area (Å²) in [6.07, 6.45) is 1.31. The minimum absolute atomic E-state index is 0.0924. The van der Waals surface area contributed by atoms with Crippen molar-refractivity contribution >= 4 is 51.4 Å². The number of para-hydroxylation sites is 1. The van der Waals surface area contributed by atoms with Crippen molar-refractivity contribution in [1.29, 1.82) is 0 Å². The monoisotopic (exact) mass is 463 g/mol. The Bertz CT molecular complexity index is 1010. The van der Waals surface area contributed by atoms with Crippen LogP contribution in [-0.2, 0) is 4.79 Å². The zero-order valence-corrected chi connectivity index (χ0v) is 16.7. The van der Waals surface area contributed by atoms with Crippen LogP contribution in [0, 0.1) is 5.82 Å². The summed E-state index contributed by atoms with van der Waals surface area (Å²) in [5, 5.41) is 14.8. The zero-order chi connectivity index (χ0) is 19.9. The number of nitrogens with one attached hydrogen (secondary N) is 2. The number of rotatable bonds is 7. The highest BCUT2D eigenvalue weighted by Crippen LogP contribution is 2.22. The Labute approximate surface area is 172 Å². The lowest BCUT2D eigenvalue weighted by atomic mass is 10.2. The quantitative estimate of drug-likeness (QED) is 0.215. The molecule has 0 radical (unpaired) electrons. The molecule has 1 aromatic heterocycles. The number of nitrogens with zero attached hydrogens (tertiary/aromatic N) is 4. The first-order valence-corrected chi connectivity index (χ1v) is 9.73. The van der Waals surface area contributed by atoms with E-state index < -0.39 is 5.82 Å². The van der Waals surface area contributed by atoms with Gasteiger partial charge in [-0.15, -0.1) is 10.2 Å². The first-order valence-electron chi connectivity index (χ1n) is 7.96. The first-order chi connectivity index (χ1) is 13.5. The van der Waals surface area contributed by atoms with E-state index in [1.807, 2.05) is 18.2 Å². The van der Waals surface area contributed by atoms with Crippen molar-refractivity contribution in [3.8, 4) is 0 Å². The van der Waals surface area contributed by atoms with Gasteiger partial charge in [0.05, 0.1) is 17.7 Å². The molecule has 1 heterocycles. The van der Waals surface area contributed by atoms with Gasteiger partial charge in [0.2, 0.25) is 11.1 Å². The summed E-state index contributed by atoms with van der Waals surface area (Å²) in [7, 11) is 0. The Morgan fingerprint density at radius 3 is 2.79 bits per heavy atom. The molecule has 4 N–H and O–H groups in total. The van der Waals surface area contributed by atoms with Crippen molar-refractivity contribution in [1.82, 2.24) is 14.9 Å². The van der Waals surface area contributed by atoms with Crippen molar-refractivity contribution in [2.24, 2.45) is 5.10 Å². The molecule has 0 spiro atoms. The summed E-state index contributed by atoms with van der Waals surface area (Å²) in [5.41, 5.74) is 3.58. The van der Waals surface area contributed by atoms with E-state index in [4.69, 9.17) is 5.84 Å². The van der Waals surface area contributed by atoms with E-state index in [0.717, 1.165) is 20.9 Å². The molecule has 0 atom stereocenters. The third-order valence-electron chi connectivity index (χ3n) is 3.42. The molecule has 0 aliphatic rings. The predicted octanol–water partition coefficient (Wildman–Crippen LogP) is 3.07. The summed E-state index contributed by atoms with van der Waals surface area (Å²) in [6, 6.07) is 13.5. The molecule has 144 valence electrons. The fourth-order valence-electron chi connectivity index (χ4n) is 2.07. The van der Waals surface area contributed by atoms with Gasteiger partial charge in [-0.05, 0) is 34.1 Å². The number of hydrazone groups is 1. The molecule has 0 aliphatic heterocycles. The van der Waals surface area contributed by atoms with Crippen LogP contribution < -0.4 is 16.6 Å². The zero-order valence-electron chi connectivity index (χ0n) is 14.3. The van der Waals surface area contributed by atoms with E-state index in [9.17, 15) is 9.18 Å². The van der Waals surface area contributed by atoms with E-state index in [-0.39, 0.29) is 17.6 Å². The molecule has 0 aliphatic carbocycles. The molecule has 0 saturated carbocycles. The van der Waals surface area contributed by atoms with E-state index in [0.29, 0.717) is 16.4 Å². The predicted molar refractivity (Wildman–Crippen MR) is 111 cm³/mol. The number of anilines is 2. The van der Waals surface area contributed by atoms with Crippen LogP contribution in [0.5, 0.6) is 0 Å². The molecule has 0 bridgehead atoms. The second kappa shape index (κ2) is 9.33. The average molecular weight is 464 g/mol. The lowest BCUT2D eigenvalue weighted by Gasteiger charge is -2.06. The standard InChI is InChI=1S/C17H15BrFN7OS/c18-12-6-2-4-8-14(12)22-15(27)10-28-17-25-24-16(26(17)20)23-21-9-11-5-1-3-7-13(11)19/h1-9H,10,20H2,(H,22,27)(H,23,24)/b21-9+. The molecular weight excluding hydrogens is 449 g/mol. The number of carbonyl (C=O) groups excluding carboxylic acids is 1. The summed E-state index contributed by atoms with van der Waals surface area (Å²) in [6.45, 7) is 0. The molecule has 0 fully saturated rings. The Balaban J connectivity index is 1.55. The van der Waals surface area contributed by atoms with Gasteiger partial charge in [-0.2, -0.15) is 5.10 Å². The van der Waals surface area contributed by atoms with Gasteiger partial charge >= 0.3 is 0 Å². The summed E-state index contributed by atoms with van der Waals surface area (Å²) in [4.78, 5) is 12.1. The number of hydrogen-bond acceptors (Lipinski definition) is 7. The Morgan fingerprint density at radius 2 is 2.00 bits per heavy atom. The van der Waals surface area contributed by atoms with Crippen molar-refractivity contribution in [2.45, 2.75) is 5.16 Å². The van der Waals surface area contributed by atoms with E-state index in [2.05, 4.69) is 42.0 Å². The first kappa shape index (κ1) is 19.8. The molecule has 1 amide bonds. The van der Waals surface area contributed by atoms with Crippen LogP contribution in [-0.4, -0.2) is 32.7 Å². The minimum Gasteiger partial charge on any atom is -0.334 e. The Hall–Kier alpha value is -2.92. The van der Waals surface area contributed by atoms with Crippen molar-refractivity contribution < 1.29 is 9.18 Å². The number of thioether (sulfide) groups is 1. The van der Waals surface area contributed by atoms with Gasteiger partial charge < -0.3 is 11.2 Å². The number of benzene rings is 2. The van der Waals surface area contributed by atoms with Crippen LogP contribution in [0.15, 0.2) is 63.3 Å². The molecule has 11 heteroatoms. The van der Waals surface area contributed by atoms with Crippen LogP contribution in [0.25, 0.3) is 0 Å². The third kappa shape index (κ3) is 5.08. The smallest absolute Gasteiger partial charge is 0.264 e. The normalized spacial score (nSPS) is 10.9. The Morgan fingerprint density at radius 1 is 1.25 bits per heavy atom. The second-order valence-electron chi connectivity index (χ2n) is 5.38. The van der Waals surface area contributed by atoms with Crippen LogP contribution in [0.1, 0.15) is 5.56 Å². The van der Waals surface area contributed by atoms with Gasteiger partial charge in [0.1, 0.15) is 5.82 Å². The second-order valence-corrected chi connectivity index (χ2v) is 7.18. The highest BCUT2D eigenvalue weighted by molar-refractivity contribution is 9.10. The molecule has 2 aromatic carbocycles. The number of amides is 1. The lowest BCUT2D eigenvalue weighted by molar-refractivity contribution is -0.113. The number of aromatic nitrogens is 3. The van der Waals surface area contributed by atoms with E-state index in [1.54, 1.807) is 24.3 Å². The minimum atomic E-state index is -0.394. The molecule has 0 saturated heterocycles. The van der Waals surface area contributed by atoms with Crippen molar-refractivity contribution in [2.75, 3.05) is 22.3 Å². The summed E-state index contributed by atoms with van der Waals surface area (Å²) < 4.78 is 15.5. The number of carbonyl (C=O) groups is 1. The average Bonchev–Trinajstić information content (AvgIpc) is 3.03. The number of nitrogens with two attached hydrogens (primary N) is 1. The number of nitrogen functional groups attached to an aromatic ring is 1. The summed E-state index contributed by atoms with van der Waals surface area (Å²) in [5.74, 6) is 5.53. The molecular formula is C17H15BrFN7OS. The number of halogens is 2. The maximum atomic E-state index is 13.5. The Kier molecular flexibility index (Phi) is 6.61. The van der Waals surface area contributed by atoms with Gasteiger partial charge in [-0.25, -0.2) is 14.5 Å². The number of hydrogen-bond donors (Lipinski definition) is 3. The SMILES string of the molecule is Nn1c(N/N=C/c2ccccc2F)nnc1SCC(=O)Nc1ccccc1Br. The van der Waals surface area contributed by atoms with E-state index in [1.165, 1.54) is 12.3 Å². The van der Waals surface area contributed by atoms with Gasteiger partial charge in [0, 0.05) is 10.0 Å². The summed E-state index contributed by atoms with van der Waals surface area (Å²) >= 11 is 4.49. The van der Waals surface area contributed by atoms with Crippen LogP contribution in [0.3, 0.4) is 0 Å². The third-order valence-corrected chi connectivity index (χ3v) is 5.05. The largest absolute Gasteiger partial charge is 0.334 e. The van der Waals surface area contributed by atoms with Crippen LogP contribution >= 0.6 is 27.7 Å². The molecule has 3 aromatic rings. The fourth-order valence-corrected chi connectivity index (χ4v) is 3.11. The highest BCUT2D eigenvalue weighted by atomic mass is 79.9.